The van der Waals surface area contributed by atoms with E-state index in [1.165, 1.54) is 4.90 Å². The van der Waals surface area contributed by atoms with Crippen LogP contribution in [-0.4, -0.2) is 97.0 Å². The van der Waals surface area contributed by atoms with Crippen LogP contribution in [0.4, 0.5) is 11.4 Å². The molecular weight excluding hydrogens is 596 g/mol. The summed E-state index contributed by atoms with van der Waals surface area (Å²) in [5.41, 5.74) is 0.688. The van der Waals surface area contributed by atoms with E-state index < -0.39 is 95.9 Å². The number of hydrogen-bond acceptors (Lipinski definition) is 13. The molecule has 0 bridgehead atoms. The van der Waals surface area contributed by atoms with Crippen molar-refractivity contribution in [2.75, 3.05) is 19.4 Å². The molecule has 5 atom stereocenters. The lowest BCUT2D eigenvalue weighted by atomic mass is 9.58. The molecule has 0 saturated carbocycles. The molecule has 3 aliphatic rings. The summed E-state index contributed by atoms with van der Waals surface area (Å²) in [5.74, 6) is -8.17. The van der Waals surface area contributed by atoms with E-state index in [-0.39, 0.29) is 24.6 Å². The number of phenols is 1. The van der Waals surface area contributed by atoms with E-state index in [1.807, 2.05) is 13.8 Å². The molecule has 0 heterocycles. The normalized spacial score (nSPS) is 25.7. The maximum absolute atomic E-state index is 13.8. The van der Waals surface area contributed by atoms with Crippen LogP contribution in [0.2, 0.25) is 0 Å². The molecule has 18 heteroatoms. The van der Waals surface area contributed by atoms with Crippen molar-refractivity contribution in [3.63, 3.8) is 0 Å². The number of nitrogens with one attached hydrogen (secondary N) is 1. The first-order chi connectivity index (χ1) is 19.7. The average molecular weight is 629 g/mol. The Bertz CT molecular complexity index is 1580. The number of benzene rings is 1. The Labute approximate surface area is 245 Å². The van der Waals surface area contributed by atoms with Crippen LogP contribution in [0, 0.1) is 22.0 Å². The second kappa shape index (κ2) is 11.5. The van der Waals surface area contributed by atoms with E-state index in [2.05, 4.69) is 5.32 Å². The lowest BCUT2D eigenvalue weighted by molar-refractivity contribution is -0.385. The molecule has 0 aromatic heterocycles. The third kappa shape index (κ3) is 5.78. The average Bonchev–Trinajstić information content (AvgIpc) is 2.86. The molecular formula is C25H32N4O13S. The Morgan fingerprint density at radius 3 is 2.28 bits per heavy atom. The van der Waals surface area contributed by atoms with Crippen LogP contribution < -0.4 is 11.1 Å². The van der Waals surface area contributed by atoms with Gasteiger partial charge in [0, 0.05) is 29.3 Å². The summed E-state index contributed by atoms with van der Waals surface area (Å²) in [4.78, 5) is 51.4. The fourth-order valence-electron chi connectivity index (χ4n) is 5.94. The van der Waals surface area contributed by atoms with Crippen molar-refractivity contribution in [1.82, 2.24) is 4.90 Å². The van der Waals surface area contributed by atoms with Crippen molar-refractivity contribution in [3.05, 3.63) is 50.0 Å². The predicted octanol–water partition coefficient (Wildman–Crippen LogP) is 0.586. The number of amides is 1. The second-order valence-corrected chi connectivity index (χ2v) is 11.7. The molecule has 43 heavy (non-hydrogen) atoms. The van der Waals surface area contributed by atoms with Gasteiger partial charge in [0.25, 0.3) is 5.91 Å². The minimum atomic E-state index is -4.67. The molecule has 0 fully saturated rings. The third-order valence-corrected chi connectivity index (χ3v) is 7.91. The molecule has 1 aromatic carbocycles. The van der Waals surface area contributed by atoms with Gasteiger partial charge < -0.3 is 31.5 Å². The fourth-order valence-corrected chi connectivity index (χ4v) is 5.94. The maximum atomic E-state index is 13.8. The van der Waals surface area contributed by atoms with Gasteiger partial charge in [-0.25, -0.2) is 0 Å². The molecule has 4 rings (SSSR count). The fraction of sp³-hybridized carbons (Fsp3) is 0.480. The second-order valence-electron chi connectivity index (χ2n) is 10.8. The lowest BCUT2D eigenvalue weighted by Gasteiger charge is -2.50. The quantitative estimate of drug-likeness (QED) is 0.0703. The minimum Gasteiger partial charge on any atom is -0.510 e. The van der Waals surface area contributed by atoms with E-state index in [0.717, 1.165) is 6.07 Å². The van der Waals surface area contributed by atoms with Gasteiger partial charge in [-0.15, -0.1) is 0 Å². The number of aromatic hydroxyl groups is 1. The van der Waals surface area contributed by atoms with E-state index in [1.54, 1.807) is 14.1 Å². The minimum absolute atomic E-state index is 0.0266. The van der Waals surface area contributed by atoms with Crippen LogP contribution in [-0.2, 0) is 26.4 Å². The number of likely N-dealkylation sites (N-methyl/N-ethyl adjacent to an activating group) is 1. The highest BCUT2D eigenvalue weighted by Crippen LogP contribution is 2.53. The number of aliphatic hydroxyl groups is 3. The van der Waals surface area contributed by atoms with Crippen molar-refractivity contribution in [3.8, 4) is 5.75 Å². The van der Waals surface area contributed by atoms with Crippen molar-refractivity contribution in [2.45, 2.75) is 50.8 Å². The molecule has 0 aliphatic heterocycles. The first-order valence-corrected chi connectivity index (χ1v) is 14.2. The number of nitro benzene ring substituents is 1. The Morgan fingerprint density at radius 2 is 1.81 bits per heavy atom. The molecule has 3 aliphatic carbocycles. The first-order valence-electron chi connectivity index (χ1n) is 12.8. The molecule has 9 N–H and O–H groups in total. The van der Waals surface area contributed by atoms with Crippen LogP contribution in [0.1, 0.15) is 42.6 Å². The van der Waals surface area contributed by atoms with Crippen molar-refractivity contribution >= 4 is 39.2 Å². The highest BCUT2D eigenvalue weighted by Gasteiger charge is 2.63. The van der Waals surface area contributed by atoms with Gasteiger partial charge in [-0.3, -0.25) is 38.5 Å². The number of nitro groups is 1. The number of allylic oxidation sites excluding steroid dienone is 1. The van der Waals surface area contributed by atoms with Crippen LogP contribution in [0.5, 0.6) is 5.75 Å². The number of rotatable bonds is 6. The summed E-state index contributed by atoms with van der Waals surface area (Å²) < 4.78 is 31.6. The molecule has 17 nitrogen and oxygen atoms in total. The number of nitrogens with two attached hydrogens (primary N) is 1. The Balaban J connectivity index is 0.000000934. The number of carbonyl (C=O) groups is 3. The Hall–Kier alpha value is -4.10. The number of carbonyl (C=O) groups excluding carboxylic acids is 3. The van der Waals surface area contributed by atoms with Crippen molar-refractivity contribution in [1.29, 1.82) is 0 Å². The maximum Gasteiger partial charge on any atom is 0.394 e. The van der Waals surface area contributed by atoms with E-state index in [9.17, 15) is 44.9 Å². The van der Waals surface area contributed by atoms with Crippen LogP contribution in [0.15, 0.2) is 28.7 Å². The summed E-state index contributed by atoms with van der Waals surface area (Å²) in [6, 6.07) is -0.0890. The summed E-state index contributed by atoms with van der Waals surface area (Å²) in [6.07, 6.45) is 0.605. The van der Waals surface area contributed by atoms with E-state index in [4.69, 9.17) is 23.3 Å². The Kier molecular flexibility index (Phi) is 8.96. The largest absolute Gasteiger partial charge is 0.510 e. The number of hydrogen-bond donors (Lipinski definition) is 8. The van der Waals surface area contributed by atoms with Crippen molar-refractivity contribution in [2.24, 2.45) is 17.6 Å². The number of Topliss-reactive ketones (excluding diaryl/α,β-unsaturated/α-hetero) is 2. The summed E-state index contributed by atoms with van der Waals surface area (Å²) >= 11 is 0. The molecule has 0 saturated heterocycles. The van der Waals surface area contributed by atoms with Gasteiger partial charge in [0.15, 0.2) is 11.4 Å². The summed E-state index contributed by atoms with van der Waals surface area (Å²) in [6.45, 7) is 3.74. The van der Waals surface area contributed by atoms with Gasteiger partial charge in [-0.2, -0.15) is 8.42 Å². The zero-order valence-electron chi connectivity index (χ0n) is 23.4. The van der Waals surface area contributed by atoms with Crippen LogP contribution in [0.25, 0.3) is 0 Å². The topological polar surface area (TPSA) is 291 Å². The molecule has 1 amide bonds. The number of primary amides is 1. The number of ketones is 2. The SMILES string of the molecule is CCC(C)Nc1cc([N+](=O)[O-])c(O)c2c1CC1CC3[C@H](N(C)C)C(O)=C(C(N)=O)C(=O)[C@@]3(O)C(O)=C1C2=O.O=S(=O)(O)O. The van der Waals surface area contributed by atoms with Gasteiger partial charge in [0.1, 0.15) is 17.1 Å². The highest BCUT2D eigenvalue weighted by molar-refractivity contribution is 7.79. The smallest absolute Gasteiger partial charge is 0.394 e. The zero-order valence-corrected chi connectivity index (χ0v) is 24.2. The van der Waals surface area contributed by atoms with Crippen LogP contribution in [0.3, 0.4) is 0 Å². The monoisotopic (exact) mass is 628 g/mol. The third-order valence-electron chi connectivity index (χ3n) is 7.91. The molecule has 236 valence electrons. The molecule has 1 aromatic rings. The van der Waals surface area contributed by atoms with Gasteiger partial charge in [-0.1, -0.05) is 6.92 Å². The number of nitrogens with zero attached hydrogens (tertiary/aromatic N) is 2. The molecule has 0 radical (unpaired) electrons. The first kappa shape index (κ1) is 33.4. The number of anilines is 1. The summed E-state index contributed by atoms with van der Waals surface area (Å²) in [5, 5.41) is 59.3. The van der Waals surface area contributed by atoms with Gasteiger partial charge in [-0.05, 0) is 51.8 Å². The van der Waals surface area contributed by atoms with Crippen molar-refractivity contribution < 1.29 is 57.3 Å². The number of aliphatic hydroxyl groups excluding tert-OH is 2. The van der Waals surface area contributed by atoms with E-state index in [0.29, 0.717) is 12.0 Å². The highest BCUT2D eigenvalue weighted by atomic mass is 32.3. The molecule has 0 spiro atoms. The number of phenolic OH excluding ortho intramolecular Hbond substituents is 1. The van der Waals surface area contributed by atoms with Gasteiger partial charge in [0.2, 0.25) is 11.5 Å². The predicted molar refractivity (Wildman–Crippen MR) is 148 cm³/mol. The van der Waals surface area contributed by atoms with Gasteiger partial charge in [0.05, 0.1) is 16.5 Å². The Morgan fingerprint density at radius 1 is 1.26 bits per heavy atom. The van der Waals surface area contributed by atoms with Crippen LogP contribution >= 0.6 is 0 Å². The standard InChI is InChI=1S/C25H30N4O9.H2O4S/c1-5-9(2)27-13-8-14(29(37)38)19(30)16-11(13)6-10-7-12-18(28(3)4)21(32)17(24(26)35)23(34)25(12,36)22(33)15(10)20(16)31;1-5(2,3)4/h8-10,12,18,27,30,32-33,36H,5-7H2,1-4H3,(H2,26,35);(H2,1,2,3,4)/t9?,10?,12?,18-,25-;/m0./s1. The zero-order chi connectivity index (χ0) is 32.9. The van der Waals surface area contributed by atoms with E-state index >= 15 is 0 Å². The summed E-state index contributed by atoms with van der Waals surface area (Å²) in [7, 11) is -1.59. The van der Waals surface area contributed by atoms with Gasteiger partial charge >= 0.3 is 16.1 Å². The number of fused-ring (bicyclic) bond motifs is 3. The lowest BCUT2D eigenvalue weighted by Crippen LogP contribution is -2.63. The molecule has 3 unspecified atom stereocenters.